The van der Waals surface area contributed by atoms with Gasteiger partial charge in [0.25, 0.3) is 0 Å². The molecule has 1 aromatic carbocycles. The smallest absolute Gasteiger partial charge is 0.151 e. The van der Waals surface area contributed by atoms with Crippen LogP contribution in [0.15, 0.2) is 48.8 Å². The molecule has 0 bridgehead atoms. The number of benzene rings is 1. The van der Waals surface area contributed by atoms with Crippen molar-refractivity contribution in [2.24, 2.45) is 0 Å². The summed E-state index contributed by atoms with van der Waals surface area (Å²) in [7, 11) is 1.68. The highest BCUT2D eigenvalue weighted by Crippen LogP contribution is 2.24. The van der Waals surface area contributed by atoms with Crippen LogP contribution in [-0.2, 0) is 6.54 Å². The van der Waals surface area contributed by atoms with Crippen LogP contribution < -0.4 is 15.0 Å². The molecule has 1 aliphatic rings. The first-order valence-corrected chi connectivity index (χ1v) is 9.26. The van der Waals surface area contributed by atoms with Crippen molar-refractivity contribution >= 4 is 5.82 Å². The number of ether oxygens (including phenoxy) is 1. The number of aromatic nitrogens is 4. The van der Waals surface area contributed by atoms with E-state index in [4.69, 9.17) is 4.74 Å². The van der Waals surface area contributed by atoms with Gasteiger partial charge in [-0.25, -0.2) is 0 Å². The number of hydrogen-bond donors (Lipinski definition) is 2. The van der Waals surface area contributed by atoms with E-state index in [1.54, 1.807) is 13.3 Å². The maximum Gasteiger partial charge on any atom is 0.151 e. The maximum atomic E-state index is 5.24. The highest BCUT2D eigenvalue weighted by atomic mass is 16.5. The molecule has 0 radical (unpaired) electrons. The quantitative estimate of drug-likeness (QED) is 0.700. The molecule has 0 saturated carbocycles. The summed E-state index contributed by atoms with van der Waals surface area (Å²) in [4.78, 5) is 2.30. The lowest BCUT2D eigenvalue weighted by atomic mass is 10.0. The summed E-state index contributed by atoms with van der Waals surface area (Å²) in [5.41, 5.74) is 3.32. The second-order valence-corrected chi connectivity index (χ2v) is 6.75. The van der Waals surface area contributed by atoms with Gasteiger partial charge < -0.3 is 15.0 Å². The van der Waals surface area contributed by atoms with Crippen LogP contribution in [0.2, 0.25) is 0 Å². The fourth-order valence-electron chi connectivity index (χ4n) is 3.52. The minimum atomic E-state index is 0.416. The van der Waals surface area contributed by atoms with Crippen LogP contribution in [0.5, 0.6) is 5.75 Å². The zero-order chi connectivity index (χ0) is 18.5. The van der Waals surface area contributed by atoms with E-state index in [0.29, 0.717) is 6.04 Å². The second-order valence-electron chi connectivity index (χ2n) is 6.75. The zero-order valence-corrected chi connectivity index (χ0v) is 15.4. The molecule has 1 atom stereocenters. The Morgan fingerprint density at radius 2 is 2.15 bits per heavy atom. The van der Waals surface area contributed by atoms with Crippen molar-refractivity contribution < 1.29 is 4.74 Å². The molecule has 4 rings (SSSR count). The fraction of sp³-hybridized carbons (Fsp3) is 0.350. The van der Waals surface area contributed by atoms with Gasteiger partial charge in [0.2, 0.25) is 0 Å². The number of aromatic amines is 1. The predicted molar refractivity (Wildman–Crippen MR) is 105 cm³/mol. The summed E-state index contributed by atoms with van der Waals surface area (Å²) >= 11 is 0. The van der Waals surface area contributed by atoms with E-state index < -0.39 is 0 Å². The van der Waals surface area contributed by atoms with Gasteiger partial charge in [0.1, 0.15) is 5.75 Å². The molecule has 7 nitrogen and oxygen atoms in total. The first-order chi connectivity index (χ1) is 13.3. The molecule has 0 aliphatic carbocycles. The molecule has 0 amide bonds. The van der Waals surface area contributed by atoms with E-state index in [2.05, 4.69) is 30.6 Å². The van der Waals surface area contributed by atoms with Crippen LogP contribution in [0.3, 0.4) is 0 Å². The van der Waals surface area contributed by atoms with Crippen molar-refractivity contribution in [3.63, 3.8) is 0 Å². The molecule has 1 unspecified atom stereocenters. The topological polar surface area (TPSA) is 79.0 Å². The van der Waals surface area contributed by atoms with Crippen LogP contribution in [0.25, 0.3) is 11.3 Å². The number of methoxy groups -OCH3 is 1. The summed E-state index contributed by atoms with van der Waals surface area (Å²) < 4.78 is 5.24. The van der Waals surface area contributed by atoms with Crippen LogP contribution in [0, 0.1) is 0 Å². The lowest BCUT2D eigenvalue weighted by molar-refractivity contribution is 0.415. The molecule has 0 spiro atoms. The van der Waals surface area contributed by atoms with Crippen molar-refractivity contribution in [1.29, 1.82) is 0 Å². The number of anilines is 1. The van der Waals surface area contributed by atoms with Crippen molar-refractivity contribution in [3.8, 4) is 17.0 Å². The number of nitrogens with zero attached hydrogens (tertiary/aromatic N) is 4. The Hall–Kier alpha value is -2.93. The molecule has 1 saturated heterocycles. The fourth-order valence-corrected chi connectivity index (χ4v) is 3.52. The van der Waals surface area contributed by atoms with Gasteiger partial charge >= 0.3 is 0 Å². The third-order valence-corrected chi connectivity index (χ3v) is 4.98. The van der Waals surface area contributed by atoms with E-state index in [1.165, 1.54) is 0 Å². The Labute approximate surface area is 158 Å². The van der Waals surface area contributed by atoms with Crippen LogP contribution in [-0.4, -0.2) is 46.6 Å². The summed E-state index contributed by atoms with van der Waals surface area (Å²) in [6, 6.07) is 12.4. The molecule has 3 aromatic rings. The molecule has 2 aromatic heterocycles. The van der Waals surface area contributed by atoms with Gasteiger partial charge in [-0.1, -0.05) is 0 Å². The Bertz CT molecular complexity index is 848. The Morgan fingerprint density at radius 3 is 2.93 bits per heavy atom. The van der Waals surface area contributed by atoms with E-state index in [1.807, 2.05) is 42.6 Å². The summed E-state index contributed by atoms with van der Waals surface area (Å²) in [6.07, 6.45) is 5.91. The minimum Gasteiger partial charge on any atom is -0.497 e. The molecular formula is C20H24N6O. The van der Waals surface area contributed by atoms with Crippen LogP contribution in [0.4, 0.5) is 5.82 Å². The van der Waals surface area contributed by atoms with Crippen molar-refractivity contribution in [3.05, 3.63) is 54.4 Å². The number of piperidine rings is 1. The average molecular weight is 364 g/mol. The van der Waals surface area contributed by atoms with Gasteiger partial charge in [-0.2, -0.15) is 10.2 Å². The number of hydrogen-bond acceptors (Lipinski definition) is 6. The summed E-state index contributed by atoms with van der Waals surface area (Å²) in [6.45, 7) is 2.74. The highest BCUT2D eigenvalue weighted by Gasteiger charge is 2.21. The second kappa shape index (κ2) is 8.18. The van der Waals surface area contributed by atoms with Crippen molar-refractivity contribution in [2.45, 2.75) is 25.4 Å². The monoisotopic (exact) mass is 364 g/mol. The molecule has 1 fully saturated rings. The van der Waals surface area contributed by atoms with Crippen molar-refractivity contribution in [1.82, 2.24) is 25.7 Å². The standard InChI is InChI=1S/C20H24N6O/c1-27-18-8-6-15(7-9-18)20-16(13-23-25-20)12-21-17-4-3-11-26(14-17)19-5-2-10-22-24-19/h2,5-10,13,17,21H,3-4,11-12,14H2,1H3,(H,23,25). The Morgan fingerprint density at radius 1 is 1.26 bits per heavy atom. The molecule has 140 valence electrons. The third kappa shape index (κ3) is 4.09. The average Bonchev–Trinajstić information content (AvgIpc) is 3.22. The SMILES string of the molecule is COc1ccc(-c2[nH]ncc2CNC2CCCN(c3cccnn3)C2)cc1. The summed E-state index contributed by atoms with van der Waals surface area (Å²) in [5, 5.41) is 19.3. The van der Waals surface area contributed by atoms with E-state index in [-0.39, 0.29) is 0 Å². The number of H-pyrrole nitrogens is 1. The molecular weight excluding hydrogens is 340 g/mol. The summed E-state index contributed by atoms with van der Waals surface area (Å²) in [5.74, 6) is 1.80. The van der Waals surface area contributed by atoms with Gasteiger partial charge in [-0.15, -0.1) is 5.10 Å². The van der Waals surface area contributed by atoms with Gasteiger partial charge in [-0.3, -0.25) is 5.10 Å². The van der Waals surface area contributed by atoms with Gasteiger partial charge in [-0.05, 0) is 49.2 Å². The largest absolute Gasteiger partial charge is 0.497 e. The van der Waals surface area contributed by atoms with Gasteiger partial charge in [0.15, 0.2) is 5.82 Å². The molecule has 1 aliphatic heterocycles. The normalized spacial score (nSPS) is 17.1. The number of nitrogens with one attached hydrogen (secondary N) is 2. The lowest BCUT2D eigenvalue weighted by Gasteiger charge is -2.33. The van der Waals surface area contributed by atoms with E-state index in [0.717, 1.165) is 60.9 Å². The minimum absolute atomic E-state index is 0.416. The Kier molecular flexibility index (Phi) is 5.29. The first kappa shape index (κ1) is 17.5. The third-order valence-electron chi connectivity index (χ3n) is 4.98. The van der Waals surface area contributed by atoms with E-state index >= 15 is 0 Å². The van der Waals surface area contributed by atoms with E-state index in [9.17, 15) is 0 Å². The lowest BCUT2D eigenvalue weighted by Crippen LogP contribution is -2.45. The van der Waals surface area contributed by atoms with Gasteiger partial charge in [0.05, 0.1) is 19.0 Å². The molecule has 27 heavy (non-hydrogen) atoms. The predicted octanol–water partition coefficient (Wildman–Crippen LogP) is 2.63. The Balaban J connectivity index is 1.40. The highest BCUT2D eigenvalue weighted by molar-refractivity contribution is 5.63. The molecule has 7 heteroatoms. The zero-order valence-electron chi connectivity index (χ0n) is 15.4. The van der Waals surface area contributed by atoms with Crippen LogP contribution >= 0.6 is 0 Å². The van der Waals surface area contributed by atoms with Crippen LogP contribution in [0.1, 0.15) is 18.4 Å². The molecule has 3 heterocycles. The number of rotatable bonds is 6. The maximum absolute atomic E-state index is 5.24. The van der Waals surface area contributed by atoms with Gasteiger partial charge in [0, 0.05) is 43.0 Å². The first-order valence-electron chi connectivity index (χ1n) is 9.26. The molecule has 2 N–H and O–H groups in total. The van der Waals surface area contributed by atoms with Crippen molar-refractivity contribution in [2.75, 3.05) is 25.1 Å².